The van der Waals surface area contributed by atoms with Crippen LogP contribution in [0.4, 0.5) is 0 Å². The van der Waals surface area contributed by atoms with Crippen LogP contribution in [0.25, 0.3) is 0 Å². The first kappa shape index (κ1) is 22.5. The summed E-state index contributed by atoms with van der Waals surface area (Å²) in [6.45, 7) is 6.86. The molecule has 0 fully saturated rings. The predicted octanol–water partition coefficient (Wildman–Crippen LogP) is 3.82. The summed E-state index contributed by atoms with van der Waals surface area (Å²) < 4.78 is 5.20. The van der Waals surface area contributed by atoms with E-state index in [1.54, 1.807) is 18.9 Å². The highest BCUT2D eigenvalue weighted by Gasteiger charge is 2.25. The fourth-order valence-electron chi connectivity index (χ4n) is 3.00. The molecule has 0 heterocycles. The van der Waals surface area contributed by atoms with E-state index >= 15 is 0 Å². The van der Waals surface area contributed by atoms with Gasteiger partial charge in [-0.05, 0) is 42.5 Å². The molecule has 0 aromatic heterocycles. The van der Waals surface area contributed by atoms with Crippen LogP contribution in [0.15, 0.2) is 54.6 Å². The average molecular weight is 397 g/mol. The number of aryl methyl sites for hydroxylation is 1. The second-order valence-electron chi connectivity index (χ2n) is 7.67. The average Bonchev–Trinajstić information content (AvgIpc) is 2.74. The smallest absolute Gasteiger partial charge is 0.242 e. The number of ether oxygens (including phenoxy) is 1. The molecule has 0 spiro atoms. The Balaban J connectivity index is 2.11. The van der Waals surface area contributed by atoms with Gasteiger partial charge in [-0.15, -0.1) is 0 Å². The molecule has 0 aliphatic rings. The van der Waals surface area contributed by atoms with E-state index in [1.165, 1.54) is 0 Å². The third kappa shape index (κ3) is 7.26. The summed E-state index contributed by atoms with van der Waals surface area (Å²) in [5, 5.41) is 2.94. The summed E-state index contributed by atoms with van der Waals surface area (Å²) in [5.74, 6) is 0.963. The molecule has 2 amide bonds. The Labute approximate surface area is 174 Å². The molecular weight excluding hydrogens is 364 g/mol. The van der Waals surface area contributed by atoms with Gasteiger partial charge in [0.2, 0.25) is 11.8 Å². The van der Waals surface area contributed by atoms with Crippen LogP contribution in [-0.4, -0.2) is 36.4 Å². The lowest BCUT2D eigenvalue weighted by Gasteiger charge is -2.29. The highest BCUT2D eigenvalue weighted by Crippen LogP contribution is 2.16. The highest BCUT2D eigenvalue weighted by atomic mass is 16.5. The standard InChI is InChI=1S/C24H32N2O3/c1-18(2)16-25-24(28)19(3)26(17-21-10-13-22(29-4)14-11-21)23(27)15-12-20-8-6-5-7-9-20/h5-11,13-14,18-19H,12,15-17H2,1-4H3,(H,25,28)/t19-/m1/s1. The minimum Gasteiger partial charge on any atom is -0.497 e. The van der Waals surface area contributed by atoms with Crippen molar-refractivity contribution in [3.8, 4) is 5.75 Å². The van der Waals surface area contributed by atoms with Crippen molar-refractivity contribution < 1.29 is 14.3 Å². The topological polar surface area (TPSA) is 58.6 Å². The SMILES string of the molecule is COc1ccc(CN(C(=O)CCc2ccccc2)[C@H](C)C(=O)NCC(C)C)cc1. The van der Waals surface area contributed by atoms with E-state index in [0.717, 1.165) is 16.9 Å². The molecule has 2 aromatic carbocycles. The van der Waals surface area contributed by atoms with Gasteiger partial charge in [0.25, 0.3) is 0 Å². The summed E-state index contributed by atoms with van der Waals surface area (Å²) >= 11 is 0. The van der Waals surface area contributed by atoms with Gasteiger partial charge in [0, 0.05) is 19.5 Å². The quantitative estimate of drug-likeness (QED) is 0.664. The molecule has 0 aliphatic heterocycles. The van der Waals surface area contributed by atoms with Crippen molar-refractivity contribution >= 4 is 11.8 Å². The van der Waals surface area contributed by atoms with Crippen molar-refractivity contribution in [3.63, 3.8) is 0 Å². The first-order valence-corrected chi connectivity index (χ1v) is 10.1. The van der Waals surface area contributed by atoms with Gasteiger partial charge in [0.1, 0.15) is 11.8 Å². The molecule has 1 N–H and O–H groups in total. The lowest BCUT2D eigenvalue weighted by Crippen LogP contribution is -2.48. The van der Waals surface area contributed by atoms with Crippen LogP contribution in [0.1, 0.15) is 38.3 Å². The summed E-state index contributed by atoms with van der Waals surface area (Å²) in [5.41, 5.74) is 2.07. The van der Waals surface area contributed by atoms with Crippen LogP contribution in [-0.2, 0) is 22.6 Å². The van der Waals surface area contributed by atoms with Crippen molar-refractivity contribution in [1.82, 2.24) is 10.2 Å². The molecule has 156 valence electrons. The van der Waals surface area contributed by atoms with Crippen LogP contribution < -0.4 is 10.1 Å². The van der Waals surface area contributed by atoms with Gasteiger partial charge in [-0.25, -0.2) is 0 Å². The van der Waals surface area contributed by atoms with E-state index in [1.807, 2.05) is 68.4 Å². The summed E-state index contributed by atoms with van der Waals surface area (Å²) in [4.78, 5) is 27.3. The number of rotatable bonds is 10. The third-order valence-corrected chi connectivity index (χ3v) is 4.83. The maximum Gasteiger partial charge on any atom is 0.242 e. The molecule has 0 saturated heterocycles. The Morgan fingerprint density at radius 3 is 2.21 bits per heavy atom. The molecule has 5 nitrogen and oxygen atoms in total. The molecule has 5 heteroatoms. The summed E-state index contributed by atoms with van der Waals surface area (Å²) in [6.07, 6.45) is 1.01. The van der Waals surface area contributed by atoms with Crippen molar-refractivity contribution in [2.75, 3.05) is 13.7 Å². The maximum absolute atomic E-state index is 13.0. The second kappa shape index (κ2) is 11.2. The van der Waals surface area contributed by atoms with Crippen LogP contribution >= 0.6 is 0 Å². The van der Waals surface area contributed by atoms with E-state index in [-0.39, 0.29) is 11.8 Å². The van der Waals surface area contributed by atoms with Crippen LogP contribution in [0.2, 0.25) is 0 Å². The van der Waals surface area contributed by atoms with Gasteiger partial charge in [-0.3, -0.25) is 9.59 Å². The van der Waals surface area contributed by atoms with Gasteiger partial charge in [0.05, 0.1) is 7.11 Å². The largest absolute Gasteiger partial charge is 0.497 e. The number of amides is 2. The molecule has 0 unspecified atom stereocenters. The van der Waals surface area contributed by atoms with Crippen LogP contribution in [0.3, 0.4) is 0 Å². The highest BCUT2D eigenvalue weighted by molar-refractivity contribution is 5.87. The molecule has 1 atom stereocenters. The van der Waals surface area contributed by atoms with Gasteiger partial charge >= 0.3 is 0 Å². The number of hydrogen-bond donors (Lipinski definition) is 1. The maximum atomic E-state index is 13.0. The first-order valence-electron chi connectivity index (χ1n) is 10.1. The Bertz CT molecular complexity index is 772. The van der Waals surface area contributed by atoms with E-state index < -0.39 is 6.04 Å². The summed E-state index contributed by atoms with van der Waals surface area (Å²) in [6, 6.07) is 17.0. The van der Waals surface area contributed by atoms with Crippen molar-refractivity contribution in [3.05, 3.63) is 65.7 Å². The minimum atomic E-state index is -0.542. The van der Waals surface area contributed by atoms with E-state index in [4.69, 9.17) is 4.74 Å². The number of carbonyl (C=O) groups excluding carboxylic acids is 2. The molecule has 0 aliphatic carbocycles. The molecule has 2 rings (SSSR count). The minimum absolute atomic E-state index is 0.0307. The van der Waals surface area contributed by atoms with Gasteiger partial charge in [-0.2, -0.15) is 0 Å². The molecule has 0 saturated carbocycles. The third-order valence-electron chi connectivity index (χ3n) is 4.83. The van der Waals surface area contributed by atoms with Gasteiger partial charge in [0.15, 0.2) is 0 Å². The molecule has 0 bridgehead atoms. The zero-order valence-electron chi connectivity index (χ0n) is 17.9. The van der Waals surface area contributed by atoms with Crippen LogP contribution in [0, 0.1) is 5.92 Å². The monoisotopic (exact) mass is 396 g/mol. The van der Waals surface area contributed by atoms with Gasteiger partial charge < -0.3 is 15.0 Å². The van der Waals surface area contributed by atoms with E-state index in [0.29, 0.717) is 31.8 Å². The second-order valence-corrected chi connectivity index (χ2v) is 7.67. The molecular formula is C24H32N2O3. The molecule has 2 aromatic rings. The Kier molecular flexibility index (Phi) is 8.71. The van der Waals surface area contributed by atoms with Gasteiger partial charge in [-0.1, -0.05) is 56.3 Å². The number of nitrogens with one attached hydrogen (secondary N) is 1. The predicted molar refractivity (Wildman–Crippen MR) is 116 cm³/mol. The fourth-order valence-corrected chi connectivity index (χ4v) is 3.00. The van der Waals surface area contributed by atoms with Crippen molar-refractivity contribution in [2.24, 2.45) is 5.92 Å². The lowest BCUT2D eigenvalue weighted by molar-refractivity contribution is -0.140. The molecule has 0 radical (unpaired) electrons. The zero-order valence-corrected chi connectivity index (χ0v) is 17.9. The zero-order chi connectivity index (χ0) is 21.2. The number of benzene rings is 2. The summed E-state index contributed by atoms with van der Waals surface area (Å²) in [7, 11) is 1.62. The van der Waals surface area contributed by atoms with E-state index in [9.17, 15) is 9.59 Å². The molecule has 29 heavy (non-hydrogen) atoms. The van der Waals surface area contributed by atoms with Crippen LogP contribution in [0.5, 0.6) is 5.75 Å². The number of nitrogens with zero attached hydrogens (tertiary/aromatic N) is 1. The Morgan fingerprint density at radius 2 is 1.62 bits per heavy atom. The Hall–Kier alpha value is -2.82. The van der Waals surface area contributed by atoms with Crippen molar-refractivity contribution in [2.45, 2.75) is 46.2 Å². The Morgan fingerprint density at radius 1 is 0.966 bits per heavy atom. The number of hydrogen-bond acceptors (Lipinski definition) is 3. The van der Waals surface area contributed by atoms with Crippen molar-refractivity contribution in [1.29, 1.82) is 0 Å². The normalized spacial score (nSPS) is 11.8. The van der Waals surface area contributed by atoms with E-state index in [2.05, 4.69) is 5.32 Å². The number of carbonyl (C=O) groups is 2. The lowest BCUT2D eigenvalue weighted by atomic mass is 10.1. The fraction of sp³-hybridized carbons (Fsp3) is 0.417. The first-order chi connectivity index (χ1) is 13.9. The number of methoxy groups -OCH3 is 1.